The van der Waals surface area contributed by atoms with Crippen LogP contribution in [0.3, 0.4) is 0 Å². The van der Waals surface area contributed by atoms with E-state index >= 15 is 0 Å². The first-order chi connectivity index (χ1) is 17.0. The number of rotatable bonds is 7. The van der Waals surface area contributed by atoms with E-state index in [0.29, 0.717) is 32.8 Å². The van der Waals surface area contributed by atoms with Crippen LogP contribution in [0.25, 0.3) is 5.69 Å². The highest BCUT2D eigenvalue weighted by Gasteiger charge is 2.45. The van der Waals surface area contributed by atoms with Crippen LogP contribution >= 0.6 is 0 Å². The van der Waals surface area contributed by atoms with Crippen molar-refractivity contribution in [1.82, 2.24) is 24.9 Å². The molecule has 0 bridgehead atoms. The maximum atomic E-state index is 13.2. The third kappa shape index (κ3) is 5.13. The van der Waals surface area contributed by atoms with E-state index in [-0.39, 0.29) is 11.8 Å². The van der Waals surface area contributed by atoms with E-state index in [1.165, 1.54) is 5.56 Å². The summed E-state index contributed by atoms with van der Waals surface area (Å²) in [6.45, 7) is 6.70. The van der Waals surface area contributed by atoms with E-state index in [2.05, 4.69) is 34.4 Å². The largest absolute Gasteiger partial charge is 0.371 e. The Morgan fingerprint density at radius 3 is 2.60 bits per heavy atom. The van der Waals surface area contributed by atoms with Crippen LogP contribution in [0.2, 0.25) is 0 Å². The van der Waals surface area contributed by atoms with Gasteiger partial charge in [0.15, 0.2) is 0 Å². The van der Waals surface area contributed by atoms with Crippen LogP contribution in [0.1, 0.15) is 23.6 Å². The van der Waals surface area contributed by atoms with Crippen molar-refractivity contribution in [2.45, 2.75) is 45.2 Å². The van der Waals surface area contributed by atoms with E-state index in [0.717, 1.165) is 16.8 Å². The van der Waals surface area contributed by atoms with Crippen LogP contribution in [-0.4, -0.2) is 69.2 Å². The van der Waals surface area contributed by atoms with Crippen molar-refractivity contribution in [3.05, 3.63) is 83.7 Å². The Kier molecular flexibility index (Phi) is 6.66. The fraction of sp³-hybridized carbons (Fsp3) is 0.370. The molecule has 8 nitrogen and oxygen atoms in total. The van der Waals surface area contributed by atoms with Crippen molar-refractivity contribution in [2.24, 2.45) is 0 Å². The number of nitrogens with zero attached hydrogens (tertiary/aromatic N) is 4. The molecule has 0 spiro atoms. The average molecular weight is 474 g/mol. The Bertz CT molecular complexity index is 1180. The summed E-state index contributed by atoms with van der Waals surface area (Å²) in [6, 6.07) is 16.9. The molecule has 2 aliphatic rings. The van der Waals surface area contributed by atoms with Crippen molar-refractivity contribution in [1.29, 1.82) is 0 Å². The van der Waals surface area contributed by atoms with Gasteiger partial charge in [-0.3, -0.25) is 14.5 Å². The van der Waals surface area contributed by atoms with Gasteiger partial charge in [-0.1, -0.05) is 48.0 Å². The normalized spacial score (nSPS) is 21.5. The molecular formula is C27H31N5O3. The maximum absolute atomic E-state index is 13.2. The minimum Gasteiger partial charge on any atom is -0.371 e. The number of fused-ring (bicyclic) bond motifs is 1. The lowest BCUT2D eigenvalue weighted by Crippen LogP contribution is -2.71. The SMILES string of the molecule is Cc1ccc(-n2cc(CN3CCN4C(=O)[C@H]([C@@H](C)OCc5ccccc5)NC(=O)[C@H]4C3)cn2)cc1. The van der Waals surface area contributed by atoms with Gasteiger partial charge in [0.25, 0.3) is 0 Å². The van der Waals surface area contributed by atoms with Crippen LogP contribution in [0.5, 0.6) is 0 Å². The second-order valence-corrected chi connectivity index (χ2v) is 9.40. The molecule has 0 saturated carbocycles. The van der Waals surface area contributed by atoms with E-state index in [9.17, 15) is 9.59 Å². The molecule has 5 rings (SSSR count). The van der Waals surface area contributed by atoms with Crippen LogP contribution < -0.4 is 5.32 Å². The number of aryl methyl sites for hydroxylation is 1. The van der Waals surface area contributed by atoms with Gasteiger partial charge in [0.1, 0.15) is 12.1 Å². The quantitative estimate of drug-likeness (QED) is 0.570. The molecule has 1 N–H and O–H groups in total. The summed E-state index contributed by atoms with van der Waals surface area (Å²) >= 11 is 0. The second kappa shape index (κ2) is 10.0. The molecule has 0 radical (unpaired) electrons. The van der Waals surface area contributed by atoms with Gasteiger partial charge >= 0.3 is 0 Å². The average Bonchev–Trinajstić information content (AvgIpc) is 3.34. The fourth-order valence-corrected chi connectivity index (χ4v) is 4.72. The Hall–Kier alpha value is -3.49. The van der Waals surface area contributed by atoms with Gasteiger partial charge in [-0.15, -0.1) is 0 Å². The summed E-state index contributed by atoms with van der Waals surface area (Å²) in [5.74, 6) is -0.188. The lowest BCUT2D eigenvalue weighted by atomic mass is 10.0. The summed E-state index contributed by atoms with van der Waals surface area (Å²) in [5, 5.41) is 7.41. The summed E-state index contributed by atoms with van der Waals surface area (Å²) in [5.41, 5.74) is 4.32. The zero-order valence-corrected chi connectivity index (χ0v) is 20.1. The smallest absolute Gasteiger partial charge is 0.248 e. The van der Waals surface area contributed by atoms with Gasteiger partial charge in [0, 0.05) is 37.9 Å². The maximum Gasteiger partial charge on any atom is 0.248 e. The van der Waals surface area contributed by atoms with Gasteiger partial charge in [-0.05, 0) is 31.5 Å². The molecule has 2 aliphatic heterocycles. The summed E-state index contributed by atoms with van der Waals surface area (Å²) in [6.07, 6.45) is 3.46. The minimum atomic E-state index is -0.665. The van der Waals surface area contributed by atoms with Gasteiger partial charge in [0.2, 0.25) is 11.8 Å². The highest BCUT2D eigenvalue weighted by molar-refractivity contribution is 5.97. The van der Waals surface area contributed by atoms with Gasteiger partial charge in [0.05, 0.1) is 24.6 Å². The summed E-state index contributed by atoms with van der Waals surface area (Å²) in [7, 11) is 0. The van der Waals surface area contributed by atoms with Crippen LogP contribution in [-0.2, 0) is 27.5 Å². The molecule has 2 aromatic carbocycles. The Labute approximate surface area is 205 Å². The molecule has 35 heavy (non-hydrogen) atoms. The van der Waals surface area contributed by atoms with Gasteiger partial charge < -0.3 is 15.0 Å². The Balaban J connectivity index is 1.18. The van der Waals surface area contributed by atoms with Crippen molar-refractivity contribution in [2.75, 3.05) is 19.6 Å². The number of piperazine rings is 2. The number of carbonyl (C=O) groups is 2. The Morgan fingerprint density at radius 1 is 1.06 bits per heavy atom. The molecule has 1 aromatic heterocycles. The fourth-order valence-electron chi connectivity index (χ4n) is 4.72. The van der Waals surface area contributed by atoms with Crippen LogP contribution in [0.4, 0.5) is 0 Å². The zero-order chi connectivity index (χ0) is 24.4. The molecule has 0 aliphatic carbocycles. The number of hydrogen-bond donors (Lipinski definition) is 1. The molecule has 182 valence electrons. The van der Waals surface area contributed by atoms with Crippen LogP contribution in [0.15, 0.2) is 67.0 Å². The standard InChI is InChI=1S/C27H31N5O3/c1-19-8-10-23(11-9-19)32-16-22(14-28-32)15-30-12-13-31-24(17-30)26(33)29-25(27(31)34)20(2)35-18-21-6-4-3-5-7-21/h3-11,14,16,20,24-25H,12-13,15,17-18H2,1-2H3,(H,29,33)/t20-,24-,25+/m1/s1. The number of hydrogen-bond acceptors (Lipinski definition) is 5. The van der Waals surface area contributed by atoms with Crippen LogP contribution in [0, 0.1) is 6.92 Å². The lowest BCUT2D eigenvalue weighted by molar-refractivity contribution is -0.157. The monoisotopic (exact) mass is 473 g/mol. The molecule has 0 unspecified atom stereocenters. The summed E-state index contributed by atoms with van der Waals surface area (Å²) < 4.78 is 7.79. The zero-order valence-electron chi connectivity index (χ0n) is 20.1. The summed E-state index contributed by atoms with van der Waals surface area (Å²) in [4.78, 5) is 30.1. The molecule has 3 heterocycles. The van der Waals surface area contributed by atoms with Crippen molar-refractivity contribution < 1.29 is 14.3 Å². The van der Waals surface area contributed by atoms with E-state index in [4.69, 9.17) is 4.74 Å². The third-order valence-electron chi connectivity index (χ3n) is 6.78. The number of amides is 2. The second-order valence-electron chi connectivity index (χ2n) is 9.40. The molecule has 8 heteroatoms. The molecular weight excluding hydrogens is 442 g/mol. The third-order valence-corrected chi connectivity index (χ3v) is 6.78. The number of ether oxygens (including phenoxy) is 1. The molecule has 2 amide bonds. The Morgan fingerprint density at radius 2 is 1.83 bits per heavy atom. The number of nitrogens with one attached hydrogen (secondary N) is 1. The predicted molar refractivity (Wildman–Crippen MR) is 132 cm³/mol. The molecule has 3 atom stereocenters. The predicted octanol–water partition coefficient (Wildman–Crippen LogP) is 2.30. The van der Waals surface area contributed by atoms with Crippen molar-refractivity contribution >= 4 is 11.8 Å². The van der Waals surface area contributed by atoms with Gasteiger partial charge in [-0.25, -0.2) is 4.68 Å². The number of benzene rings is 2. The highest BCUT2D eigenvalue weighted by Crippen LogP contribution is 2.21. The molecule has 2 saturated heterocycles. The first-order valence-electron chi connectivity index (χ1n) is 12.1. The topological polar surface area (TPSA) is 79.7 Å². The number of aromatic nitrogens is 2. The van der Waals surface area contributed by atoms with Crippen molar-refractivity contribution in [3.63, 3.8) is 0 Å². The minimum absolute atomic E-state index is 0.0676. The first-order valence-corrected chi connectivity index (χ1v) is 12.1. The lowest BCUT2D eigenvalue weighted by Gasteiger charge is -2.46. The first kappa shape index (κ1) is 23.3. The van der Waals surface area contributed by atoms with E-state index < -0.39 is 18.2 Å². The van der Waals surface area contributed by atoms with Gasteiger partial charge in [-0.2, -0.15) is 5.10 Å². The van der Waals surface area contributed by atoms with E-state index in [1.54, 1.807) is 4.90 Å². The van der Waals surface area contributed by atoms with Crippen molar-refractivity contribution in [3.8, 4) is 5.69 Å². The van der Waals surface area contributed by atoms with E-state index in [1.807, 2.05) is 66.5 Å². The molecule has 3 aromatic rings. The number of carbonyl (C=O) groups excluding carboxylic acids is 2. The molecule has 2 fully saturated rings. The highest BCUT2D eigenvalue weighted by atomic mass is 16.5.